The van der Waals surface area contributed by atoms with Gasteiger partial charge >= 0.3 is 0 Å². The zero-order chi connectivity index (χ0) is 30.2. The number of amides is 4. The first-order valence-corrected chi connectivity index (χ1v) is 13.7. The minimum absolute atomic E-state index is 0.00325. The minimum atomic E-state index is -1.40. The molecule has 0 radical (unpaired) electrons. The topological polar surface area (TPSA) is 119 Å². The third-order valence-electron chi connectivity index (χ3n) is 6.32. The lowest BCUT2D eigenvalue weighted by atomic mass is 10.1. The average molecular weight is 653 g/mol. The third-order valence-corrected chi connectivity index (χ3v) is 8.02. The number of nitrogens with zero attached hydrogens (tertiary/aromatic N) is 2. The van der Waals surface area contributed by atoms with Gasteiger partial charge in [0.25, 0.3) is 5.91 Å². The molecule has 0 aliphatic heterocycles. The smallest absolute Gasteiger partial charge is 0.257 e. The Hall–Kier alpha value is -3.32. The van der Waals surface area contributed by atoms with Crippen molar-refractivity contribution in [3.63, 3.8) is 0 Å². The largest absolute Gasteiger partial charge is 0.326 e. The number of hydrogen-bond donors (Lipinski definition) is 2. The van der Waals surface area contributed by atoms with E-state index in [9.17, 15) is 24.4 Å². The second kappa shape index (κ2) is 11.9. The van der Waals surface area contributed by atoms with Gasteiger partial charge in [0.15, 0.2) is 0 Å². The number of nitriles is 1. The van der Waals surface area contributed by atoms with E-state index in [0.29, 0.717) is 15.6 Å². The maximum atomic E-state index is 13.1. The summed E-state index contributed by atoms with van der Waals surface area (Å²) in [6.45, 7) is 2.43. The predicted molar refractivity (Wildman–Crippen MR) is 160 cm³/mol. The van der Waals surface area contributed by atoms with E-state index >= 15 is 0 Å². The maximum absolute atomic E-state index is 13.1. The summed E-state index contributed by atoms with van der Waals surface area (Å²) >= 11 is 31.3. The average Bonchev–Trinajstić information content (AvgIpc) is 3.46. The third kappa shape index (κ3) is 6.45. The van der Waals surface area contributed by atoms with E-state index in [0.717, 1.165) is 4.90 Å². The zero-order valence-corrected chi connectivity index (χ0v) is 25.0. The van der Waals surface area contributed by atoms with E-state index in [4.69, 9.17) is 58.0 Å². The van der Waals surface area contributed by atoms with E-state index in [2.05, 4.69) is 10.6 Å². The molecular weight excluding hydrogens is 634 g/mol. The highest BCUT2D eigenvalue weighted by molar-refractivity contribution is 6.53. The van der Waals surface area contributed by atoms with Gasteiger partial charge in [0, 0.05) is 35.5 Å². The fraction of sp³-hybridized carbons (Fsp3) is 0.179. The number of alkyl halides is 2. The van der Waals surface area contributed by atoms with Crippen molar-refractivity contribution in [2.24, 2.45) is 5.92 Å². The van der Waals surface area contributed by atoms with Crippen LogP contribution in [-0.2, 0) is 14.4 Å². The van der Waals surface area contributed by atoms with Crippen LogP contribution in [0.5, 0.6) is 0 Å². The molecule has 0 aromatic heterocycles. The fourth-order valence-corrected chi connectivity index (χ4v) is 6.04. The summed E-state index contributed by atoms with van der Waals surface area (Å²) in [4.78, 5) is 50.8. The molecule has 41 heavy (non-hydrogen) atoms. The highest BCUT2D eigenvalue weighted by Gasteiger charge is 2.67. The Bertz CT molecular complexity index is 1620. The Labute approximate surface area is 260 Å². The summed E-state index contributed by atoms with van der Waals surface area (Å²) in [6, 6.07) is 15.2. The highest BCUT2D eigenvalue weighted by Crippen LogP contribution is 2.65. The Morgan fingerprint density at radius 3 is 2.10 bits per heavy atom. The molecule has 2 atom stereocenters. The van der Waals surface area contributed by atoms with Gasteiger partial charge in [0.2, 0.25) is 17.7 Å². The monoisotopic (exact) mass is 650 g/mol. The number of halogens is 5. The first kappa shape index (κ1) is 30.6. The lowest BCUT2D eigenvalue weighted by Gasteiger charge is -2.18. The molecule has 4 amide bonds. The second-order valence-corrected chi connectivity index (χ2v) is 11.9. The molecule has 0 spiro atoms. The van der Waals surface area contributed by atoms with Gasteiger partial charge in [0.05, 0.1) is 33.4 Å². The minimum Gasteiger partial charge on any atom is -0.326 e. The van der Waals surface area contributed by atoms with Crippen molar-refractivity contribution in [2.75, 3.05) is 15.5 Å². The van der Waals surface area contributed by atoms with Crippen LogP contribution in [0.15, 0.2) is 54.6 Å². The van der Waals surface area contributed by atoms with Crippen LogP contribution in [0, 0.1) is 17.2 Å². The van der Waals surface area contributed by atoms with Gasteiger partial charge in [-0.3, -0.25) is 24.1 Å². The number of imide groups is 1. The number of hydrogen-bond acceptors (Lipinski definition) is 5. The molecule has 1 aliphatic rings. The SMILES string of the molecule is CC(=O)N(C(C)=O)c1ccc(NC(=O)c2cc(NC(=O)[C@H]3[C@H](c4cc(Cl)cc(Cl)c4)C3(Cl)Cl)ccc2Cl)c(C#N)c1. The maximum Gasteiger partial charge on any atom is 0.257 e. The Balaban J connectivity index is 1.53. The standard InChI is InChI=1S/C28H19Cl5N4O4/c1-13(38)37(14(2)39)20-4-6-23(16(9-20)12-34)36-26(40)21-11-19(3-5-22(21)31)35-27(41)25-24(28(25,32)33)15-7-17(29)10-18(30)8-15/h3-11,24-25H,1-2H3,(H,35,41)(H,36,40)/t24-,25+/m0/s1. The van der Waals surface area contributed by atoms with Gasteiger partial charge in [-0.25, -0.2) is 0 Å². The van der Waals surface area contributed by atoms with Crippen LogP contribution in [0.2, 0.25) is 15.1 Å². The number of carbonyl (C=O) groups excluding carboxylic acids is 4. The molecule has 4 rings (SSSR count). The first-order chi connectivity index (χ1) is 19.2. The summed E-state index contributed by atoms with van der Waals surface area (Å²) in [5.41, 5.74) is 1.16. The first-order valence-electron chi connectivity index (χ1n) is 11.9. The Morgan fingerprint density at radius 2 is 1.51 bits per heavy atom. The Kier molecular flexibility index (Phi) is 8.88. The van der Waals surface area contributed by atoms with Gasteiger partial charge in [0.1, 0.15) is 10.4 Å². The lowest BCUT2D eigenvalue weighted by Crippen LogP contribution is -2.33. The summed E-state index contributed by atoms with van der Waals surface area (Å²) in [6.07, 6.45) is 0. The molecule has 3 aromatic rings. The van der Waals surface area contributed by atoms with Crippen molar-refractivity contribution >= 4 is 98.7 Å². The van der Waals surface area contributed by atoms with Crippen molar-refractivity contribution in [1.29, 1.82) is 5.26 Å². The molecule has 0 unspecified atom stereocenters. The van der Waals surface area contributed by atoms with E-state index in [1.165, 1.54) is 50.2 Å². The highest BCUT2D eigenvalue weighted by atomic mass is 35.5. The van der Waals surface area contributed by atoms with Crippen molar-refractivity contribution in [1.82, 2.24) is 0 Å². The molecular formula is C28H19Cl5N4O4. The normalized spacial score (nSPS) is 16.7. The Morgan fingerprint density at radius 1 is 0.878 bits per heavy atom. The summed E-state index contributed by atoms with van der Waals surface area (Å²) in [7, 11) is 0. The van der Waals surface area contributed by atoms with Crippen LogP contribution >= 0.6 is 58.0 Å². The summed E-state index contributed by atoms with van der Waals surface area (Å²) in [5.74, 6) is -3.61. The van der Waals surface area contributed by atoms with Gasteiger partial charge < -0.3 is 10.6 Å². The molecule has 0 heterocycles. The van der Waals surface area contributed by atoms with Crippen LogP contribution in [0.4, 0.5) is 17.1 Å². The van der Waals surface area contributed by atoms with E-state index < -0.39 is 39.8 Å². The van der Waals surface area contributed by atoms with Gasteiger partial charge in [-0.2, -0.15) is 5.26 Å². The van der Waals surface area contributed by atoms with Crippen LogP contribution in [-0.4, -0.2) is 28.0 Å². The summed E-state index contributed by atoms with van der Waals surface area (Å²) < 4.78 is -1.40. The van der Waals surface area contributed by atoms with E-state index in [1.54, 1.807) is 18.2 Å². The van der Waals surface area contributed by atoms with Gasteiger partial charge in [-0.05, 0) is 60.2 Å². The fourth-order valence-electron chi connectivity index (χ4n) is 4.47. The number of nitrogens with one attached hydrogen (secondary N) is 2. The lowest BCUT2D eigenvalue weighted by molar-refractivity contribution is -0.124. The quantitative estimate of drug-likeness (QED) is 0.273. The van der Waals surface area contributed by atoms with Crippen molar-refractivity contribution in [2.45, 2.75) is 24.1 Å². The summed E-state index contributed by atoms with van der Waals surface area (Å²) in [5, 5.41) is 15.8. The zero-order valence-electron chi connectivity index (χ0n) is 21.3. The molecule has 2 N–H and O–H groups in total. The molecule has 210 valence electrons. The molecule has 1 aliphatic carbocycles. The number of carbonyl (C=O) groups is 4. The molecule has 0 bridgehead atoms. The predicted octanol–water partition coefficient (Wildman–Crippen LogP) is 7.20. The molecule has 13 heteroatoms. The van der Waals surface area contributed by atoms with Crippen LogP contribution in [0.3, 0.4) is 0 Å². The molecule has 1 saturated carbocycles. The molecule has 3 aromatic carbocycles. The van der Waals surface area contributed by atoms with Crippen molar-refractivity contribution in [3.8, 4) is 6.07 Å². The van der Waals surface area contributed by atoms with Crippen LogP contribution in [0.25, 0.3) is 0 Å². The molecule has 1 fully saturated rings. The van der Waals surface area contributed by atoms with Crippen LogP contribution in [0.1, 0.15) is 41.3 Å². The number of rotatable bonds is 6. The van der Waals surface area contributed by atoms with Gasteiger partial charge in [-0.1, -0.05) is 34.8 Å². The molecule has 8 nitrogen and oxygen atoms in total. The van der Waals surface area contributed by atoms with E-state index in [-0.39, 0.29) is 33.2 Å². The van der Waals surface area contributed by atoms with Crippen LogP contribution < -0.4 is 15.5 Å². The van der Waals surface area contributed by atoms with Gasteiger partial charge in [-0.15, -0.1) is 23.2 Å². The molecule has 0 saturated heterocycles. The number of benzene rings is 3. The second-order valence-electron chi connectivity index (χ2n) is 9.19. The van der Waals surface area contributed by atoms with Crippen molar-refractivity contribution in [3.05, 3.63) is 86.4 Å². The van der Waals surface area contributed by atoms with Crippen molar-refractivity contribution < 1.29 is 19.2 Å². The number of anilines is 3. The van der Waals surface area contributed by atoms with E-state index in [1.807, 2.05) is 6.07 Å².